The average molecular weight is 254 g/mol. The fourth-order valence-electron chi connectivity index (χ4n) is 1.80. The van der Waals surface area contributed by atoms with Gasteiger partial charge in [0.25, 0.3) is 0 Å². The van der Waals surface area contributed by atoms with Gasteiger partial charge in [0.1, 0.15) is 0 Å². The van der Waals surface area contributed by atoms with Gasteiger partial charge in [0.2, 0.25) is 0 Å². The first-order valence-electron chi connectivity index (χ1n) is 6.31. The second kappa shape index (κ2) is 7.52. The standard InChI is InChI=1S/C17H18O2/c1-18-17(16-12-6-3-7-13-16)19-14-8-11-15-9-4-2-5-10-15/h2-13,17H,14H2,1H3. The fourth-order valence-corrected chi connectivity index (χ4v) is 1.80. The summed E-state index contributed by atoms with van der Waals surface area (Å²) in [6.07, 6.45) is 3.71. The molecular formula is C17H18O2. The van der Waals surface area contributed by atoms with Crippen molar-refractivity contribution in [1.29, 1.82) is 0 Å². The molecule has 19 heavy (non-hydrogen) atoms. The second-order valence-electron chi connectivity index (χ2n) is 4.12. The van der Waals surface area contributed by atoms with Crippen molar-refractivity contribution in [2.45, 2.75) is 6.29 Å². The molecule has 0 saturated carbocycles. The number of ether oxygens (including phenoxy) is 2. The molecule has 2 nitrogen and oxygen atoms in total. The van der Waals surface area contributed by atoms with Crippen LogP contribution in [0.5, 0.6) is 0 Å². The van der Waals surface area contributed by atoms with Crippen LogP contribution in [0.3, 0.4) is 0 Å². The summed E-state index contributed by atoms with van der Waals surface area (Å²) in [5.74, 6) is 0. The van der Waals surface area contributed by atoms with Gasteiger partial charge in [-0.05, 0) is 5.56 Å². The van der Waals surface area contributed by atoms with Crippen LogP contribution in [-0.4, -0.2) is 13.7 Å². The SMILES string of the molecule is COC(OCC=Cc1ccccc1)c1ccccc1. The molecule has 1 atom stereocenters. The Kier molecular flexibility index (Phi) is 5.35. The van der Waals surface area contributed by atoms with Crippen molar-refractivity contribution in [3.8, 4) is 0 Å². The summed E-state index contributed by atoms with van der Waals surface area (Å²) in [5, 5.41) is 0. The van der Waals surface area contributed by atoms with Crippen LogP contribution in [0, 0.1) is 0 Å². The largest absolute Gasteiger partial charge is 0.352 e. The average Bonchev–Trinajstić information content (AvgIpc) is 2.49. The predicted octanol–water partition coefficient (Wildman–Crippen LogP) is 4.06. The Labute approximate surface area is 114 Å². The fraction of sp³-hybridized carbons (Fsp3) is 0.176. The maximum atomic E-state index is 5.69. The number of methoxy groups -OCH3 is 1. The summed E-state index contributed by atoms with van der Waals surface area (Å²) in [7, 11) is 1.65. The molecule has 98 valence electrons. The zero-order chi connectivity index (χ0) is 13.3. The van der Waals surface area contributed by atoms with E-state index in [2.05, 4.69) is 12.1 Å². The van der Waals surface area contributed by atoms with Crippen molar-refractivity contribution >= 4 is 6.08 Å². The van der Waals surface area contributed by atoms with Crippen LogP contribution in [0.1, 0.15) is 17.4 Å². The van der Waals surface area contributed by atoms with Crippen molar-refractivity contribution in [3.05, 3.63) is 77.9 Å². The van der Waals surface area contributed by atoms with E-state index in [0.29, 0.717) is 6.61 Å². The molecule has 0 spiro atoms. The maximum Gasteiger partial charge on any atom is 0.183 e. The molecule has 2 aromatic carbocycles. The van der Waals surface area contributed by atoms with Gasteiger partial charge in [0.15, 0.2) is 6.29 Å². The molecule has 0 fully saturated rings. The van der Waals surface area contributed by atoms with Gasteiger partial charge in [-0.3, -0.25) is 0 Å². The second-order valence-corrected chi connectivity index (χ2v) is 4.12. The molecule has 0 aliphatic heterocycles. The van der Waals surface area contributed by atoms with Crippen molar-refractivity contribution in [2.75, 3.05) is 13.7 Å². The van der Waals surface area contributed by atoms with E-state index in [0.717, 1.165) is 5.56 Å². The first-order chi connectivity index (χ1) is 9.40. The first-order valence-corrected chi connectivity index (χ1v) is 6.31. The Morgan fingerprint density at radius 2 is 1.58 bits per heavy atom. The van der Waals surface area contributed by atoms with Crippen LogP contribution in [0.2, 0.25) is 0 Å². The summed E-state index contributed by atoms with van der Waals surface area (Å²) in [5.41, 5.74) is 2.19. The van der Waals surface area contributed by atoms with Gasteiger partial charge >= 0.3 is 0 Å². The monoisotopic (exact) mass is 254 g/mol. The van der Waals surface area contributed by atoms with Crippen LogP contribution in [0.15, 0.2) is 66.7 Å². The minimum Gasteiger partial charge on any atom is -0.352 e. The molecule has 2 rings (SSSR count). The molecule has 2 aromatic rings. The third-order valence-electron chi connectivity index (χ3n) is 2.74. The van der Waals surface area contributed by atoms with Crippen molar-refractivity contribution in [2.24, 2.45) is 0 Å². The Bertz CT molecular complexity index is 491. The minimum absolute atomic E-state index is 0.318. The molecule has 0 aliphatic carbocycles. The van der Waals surface area contributed by atoms with Crippen LogP contribution in [0.4, 0.5) is 0 Å². The lowest BCUT2D eigenvalue weighted by Gasteiger charge is -2.15. The van der Waals surface area contributed by atoms with Crippen LogP contribution in [0.25, 0.3) is 6.08 Å². The van der Waals surface area contributed by atoms with E-state index >= 15 is 0 Å². The predicted molar refractivity (Wildman–Crippen MR) is 77.6 cm³/mol. The number of hydrogen-bond acceptors (Lipinski definition) is 2. The highest BCUT2D eigenvalue weighted by Gasteiger charge is 2.08. The number of rotatable bonds is 6. The quantitative estimate of drug-likeness (QED) is 0.724. The summed E-state index contributed by atoms with van der Waals surface area (Å²) in [6, 6.07) is 20.1. The molecule has 2 heteroatoms. The summed E-state index contributed by atoms with van der Waals surface area (Å²) in [6.45, 7) is 0.516. The van der Waals surface area contributed by atoms with E-state index < -0.39 is 0 Å². The van der Waals surface area contributed by atoms with E-state index in [-0.39, 0.29) is 6.29 Å². The lowest BCUT2D eigenvalue weighted by atomic mass is 10.2. The Balaban J connectivity index is 1.86. The van der Waals surface area contributed by atoms with Crippen LogP contribution in [-0.2, 0) is 9.47 Å². The van der Waals surface area contributed by atoms with E-state index in [1.54, 1.807) is 7.11 Å². The number of hydrogen-bond donors (Lipinski definition) is 0. The smallest absolute Gasteiger partial charge is 0.183 e. The molecule has 1 unspecified atom stereocenters. The van der Waals surface area contributed by atoms with Gasteiger partial charge in [0.05, 0.1) is 6.61 Å². The molecule has 0 heterocycles. The molecular weight excluding hydrogens is 236 g/mol. The molecule has 0 aliphatic rings. The summed E-state index contributed by atoms with van der Waals surface area (Å²) < 4.78 is 11.0. The summed E-state index contributed by atoms with van der Waals surface area (Å²) >= 11 is 0. The summed E-state index contributed by atoms with van der Waals surface area (Å²) in [4.78, 5) is 0. The Morgan fingerprint density at radius 1 is 0.947 bits per heavy atom. The van der Waals surface area contributed by atoms with Crippen molar-refractivity contribution in [3.63, 3.8) is 0 Å². The first kappa shape index (κ1) is 13.5. The lowest BCUT2D eigenvalue weighted by molar-refractivity contribution is -0.118. The topological polar surface area (TPSA) is 18.5 Å². The van der Waals surface area contributed by atoms with Gasteiger partial charge in [-0.2, -0.15) is 0 Å². The highest BCUT2D eigenvalue weighted by Crippen LogP contribution is 2.17. The Hall–Kier alpha value is -1.90. The van der Waals surface area contributed by atoms with Gasteiger partial charge in [0, 0.05) is 12.7 Å². The molecule has 0 radical (unpaired) electrons. The molecule has 0 aromatic heterocycles. The van der Waals surface area contributed by atoms with E-state index in [4.69, 9.17) is 9.47 Å². The van der Waals surface area contributed by atoms with Crippen molar-refractivity contribution in [1.82, 2.24) is 0 Å². The molecule has 0 saturated heterocycles. The van der Waals surface area contributed by atoms with E-state index in [9.17, 15) is 0 Å². The van der Waals surface area contributed by atoms with Gasteiger partial charge in [-0.1, -0.05) is 72.8 Å². The third-order valence-corrected chi connectivity index (χ3v) is 2.74. The molecule has 0 N–H and O–H groups in total. The van der Waals surface area contributed by atoms with Crippen molar-refractivity contribution < 1.29 is 9.47 Å². The molecule has 0 amide bonds. The van der Waals surface area contributed by atoms with Gasteiger partial charge in [-0.15, -0.1) is 0 Å². The zero-order valence-corrected chi connectivity index (χ0v) is 11.0. The van der Waals surface area contributed by atoms with E-state index in [1.165, 1.54) is 5.56 Å². The normalized spacial score (nSPS) is 12.7. The van der Waals surface area contributed by atoms with Gasteiger partial charge in [-0.25, -0.2) is 0 Å². The minimum atomic E-state index is -0.318. The lowest BCUT2D eigenvalue weighted by Crippen LogP contribution is -2.06. The number of benzene rings is 2. The van der Waals surface area contributed by atoms with Crippen LogP contribution >= 0.6 is 0 Å². The van der Waals surface area contributed by atoms with Crippen LogP contribution < -0.4 is 0 Å². The van der Waals surface area contributed by atoms with E-state index in [1.807, 2.05) is 60.7 Å². The maximum absolute atomic E-state index is 5.69. The zero-order valence-electron chi connectivity index (χ0n) is 11.0. The third kappa shape index (κ3) is 4.36. The highest BCUT2D eigenvalue weighted by molar-refractivity contribution is 5.48. The Morgan fingerprint density at radius 3 is 2.21 bits per heavy atom. The van der Waals surface area contributed by atoms with Gasteiger partial charge < -0.3 is 9.47 Å². The highest BCUT2D eigenvalue weighted by atomic mass is 16.7. The molecule has 0 bridgehead atoms.